The molecule has 3 aromatic carbocycles. The Bertz CT molecular complexity index is 754. The van der Waals surface area contributed by atoms with Gasteiger partial charge in [-0.1, -0.05) is 59.7 Å². The number of hydrogen-bond donors (Lipinski definition) is 0. The van der Waals surface area contributed by atoms with Gasteiger partial charge in [-0.3, -0.25) is 0 Å². The smallest absolute Gasteiger partial charge is 0.112 e. The van der Waals surface area contributed by atoms with Crippen molar-refractivity contribution < 1.29 is 17.0 Å². The lowest BCUT2D eigenvalue weighted by Crippen LogP contribution is -3.00. The van der Waals surface area contributed by atoms with Crippen LogP contribution in [0.4, 0.5) is 0 Å². The van der Waals surface area contributed by atoms with Crippen LogP contribution in [0.3, 0.4) is 0 Å². The topological polar surface area (TPSA) is 48.8 Å². The Hall–Kier alpha value is -2.12. The highest BCUT2D eigenvalue weighted by atomic mass is 79.9. The number of benzene rings is 3. The molecule has 0 N–H and O–H groups in total. The van der Waals surface area contributed by atoms with Crippen LogP contribution >= 0.6 is 7.26 Å². The Morgan fingerprint density at radius 1 is 0.667 bits per heavy atom. The fourth-order valence-corrected chi connectivity index (χ4v) is 7.87. The second kappa shape index (κ2) is 10.9. The van der Waals surface area contributed by atoms with Gasteiger partial charge in [-0.25, -0.2) is 0 Å². The molecule has 27 heavy (non-hydrogen) atoms. The van der Waals surface area contributed by atoms with Crippen LogP contribution in [0.1, 0.15) is 12.8 Å². The predicted molar refractivity (Wildman–Crippen MR) is 113 cm³/mol. The first-order valence-corrected chi connectivity index (χ1v) is 10.9. The van der Waals surface area contributed by atoms with Crippen molar-refractivity contribution in [3.63, 3.8) is 0 Å². The van der Waals surface area contributed by atoms with Crippen LogP contribution in [0.25, 0.3) is 10.4 Å². The first-order chi connectivity index (χ1) is 12.9. The van der Waals surface area contributed by atoms with E-state index in [-0.39, 0.29) is 17.0 Å². The largest absolute Gasteiger partial charge is 1.00 e. The number of azide groups is 1. The van der Waals surface area contributed by atoms with Crippen LogP contribution in [0.15, 0.2) is 96.1 Å². The van der Waals surface area contributed by atoms with Gasteiger partial charge in [0.05, 0.1) is 6.16 Å². The summed E-state index contributed by atoms with van der Waals surface area (Å²) in [4.78, 5) is 2.88. The molecule has 0 amide bonds. The normalized spacial score (nSPS) is 10.5. The standard InChI is InChI=1S/C22H23N3P.BrH/c23-25-24-18-10-11-19-26(20-12-4-1-5-13-20,21-14-6-2-7-15-21)22-16-8-3-9-17-22;/h1-9,12-17H,10-11,18-19H2;1H/q+1;/p-1. The molecule has 0 aliphatic carbocycles. The maximum absolute atomic E-state index is 8.52. The molecule has 0 aliphatic rings. The third kappa shape index (κ3) is 4.99. The van der Waals surface area contributed by atoms with Gasteiger partial charge in [-0.05, 0) is 54.8 Å². The zero-order valence-electron chi connectivity index (χ0n) is 15.2. The molecule has 0 unspecified atom stereocenters. The number of hydrogen-bond acceptors (Lipinski definition) is 1. The van der Waals surface area contributed by atoms with E-state index in [0.29, 0.717) is 6.54 Å². The van der Waals surface area contributed by atoms with E-state index in [1.54, 1.807) is 0 Å². The van der Waals surface area contributed by atoms with Crippen molar-refractivity contribution in [3.8, 4) is 0 Å². The quantitative estimate of drug-likeness (QED) is 0.169. The van der Waals surface area contributed by atoms with Gasteiger partial charge in [0.1, 0.15) is 23.2 Å². The van der Waals surface area contributed by atoms with Crippen molar-refractivity contribution in [2.24, 2.45) is 5.11 Å². The maximum atomic E-state index is 8.52. The summed E-state index contributed by atoms with van der Waals surface area (Å²) in [5, 5.41) is 7.91. The Labute approximate surface area is 172 Å². The molecular weight excluding hydrogens is 417 g/mol. The molecule has 3 rings (SSSR count). The van der Waals surface area contributed by atoms with Gasteiger partial charge in [0.15, 0.2) is 0 Å². The molecule has 0 aliphatic heterocycles. The number of rotatable bonds is 8. The van der Waals surface area contributed by atoms with E-state index in [2.05, 4.69) is 101 Å². The van der Waals surface area contributed by atoms with Gasteiger partial charge in [-0.2, -0.15) is 0 Å². The van der Waals surface area contributed by atoms with Crippen LogP contribution in [0.5, 0.6) is 0 Å². The van der Waals surface area contributed by atoms with Crippen molar-refractivity contribution in [2.45, 2.75) is 12.8 Å². The molecule has 0 fully saturated rings. The summed E-state index contributed by atoms with van der Waals surface area (Å²) in [6, 6.07) is 32.6. The minimum Gasteiger partial charge on any atom is -1.00 e. The van der Waals surface area contributed by atoms with Gasteiger partial charge < -0.3 is 17.0 Å². The highest BCUT2D eigenvalue weighted by Gasteiger charge is 2.44. The van der Waals surface area contributed by atoms with Crippen LogP contribution in [-0.2, 0) is 0 Å². The molecule has 0 aromatic heterocycles. The fourth-order valence-electron chi connectivity index (χ4n) is 3.46. The van der Waals surface area contributed by atoms with E-state index >= 15 is 0 Å². The summed E-state index contributed by atoms with van der Waals surface area (Å²) in [6.45, 7) is 0.564. The monoisotopic (exact) mass is 439 g/mol. The third-order valence-corrected chi connectivity index (χ3v) is 9.18. The lowest BCUT2D eigenvalue weighted by Gasteiger charge is -2.27. The van der Waals surface area contributed by atoms with E-state index in [1.807, 2.05) is 0 Å². The van der Waals surface area contributed by atoms with E-state index < -0.39 is 7.26 Å². The van der Waals surface area contributed by atoms with Gasteiger partial charge >= 0.3 is 0 Å². The SMILES string of the molecule is [Br-].[N-]=[N+]=NCCCC[P+](c1ccccc1)(c1ccccc1)c1ccccc1. The Kier molecular flexibility index (Phi) is 8.54. The maximum Gasteiger partial charge on any atom is 0.112 e. The number of unbranched alkanes of at least 4 members (excludes halogenated alkanes) is 1. The Morgan fingerprint density at radius 3 is 1.44 bits per heavy atom. The lowest BCUT2D eigenvalue weighted by molar-refractivity contribution is -0.00000516. The van der Waals surface area contributed by atoms with Gasteiger partial charge in [0.2, 0.25) is 0 Å². The molecule has 5 heteroatoms. The highest BCUT2D eigenvalue weighted by Crippen LogP contribution is 2.55. The van der Waals surface area contributed by atoms with E-state index in [9.17, 15) is 0 Å². The number of halogens is 1. The zero-order chi connectivity index (χ0) is 18.1. The predicted octanol–water partition coefficient (Wildman–Crippen LogP) is 2.07. The van der Waals surface area contributed by atoms with Crippen molar-refractivity contribution in [1.29, 1.82) is 0 Å². The van der Waals surface area contributed by atoms with Crippen molar-refractivity contribution in [3.05, 3.63) is 101 Å². The summed E-state index contributed by atoms with van der Waals surface area (Å²) in [6.07, 6.45) is 3.02. The van der Waals surface area contributed by atoms with Crippen LogP contribution in [0.2, 0.25) is 0 Å². The van der Waals surface area contributed by atoms with E-state index in [1.165, 1.54) is 15.9 Å². The third-order valence-electron chi connectivity index (χ3n) is 4.66. The molecule has 0 saturated heterocycles. The van der Waals surface area contributed by atoms with Crippen molar-refractivity contribution in [2.75, 3.05) is 12.7 Å². The van der Waals surface area contributed by atoms with Crippen LogP contribution in [0, 0.1) is 0 Å². The minimum atomic E-state index is -1.74. The summed E-state index contributed by atoms with van der Waals surface area (Å²) >= 11 is 0. The first-order valence-electron chi connectivity index (χ1n) is 8.94. The Balaban J connectivity index is 0.00000261. The molecule has 0 radical (unpaired) electrons. The summed E-state index contributed by atoms with van der Waals surface area (Å²) in [7, 11) is -1.74. The van der Waals surface area contributed by atoms with E-state index in [0.717, 1.165) is 19.0 Å². The minimum absolute atomic E-state index is 0. The van der Waals surface area contributed by atoms with E-state index in [4.69, 9.17) is 5.53 Å². The van der Waals surface area contributed by atoms with Crippen LogP contribution in [-0.4, -0.2) is 12.7 Å². The molecule has 0 bridgehead atoms. The molecule has 0 spiro atoms. The average molecular weight is 440 g/mol. The van der Waals surface area contributed by atoms with Gasteiger partial charge in [0, 0.05) is 11.5 Å². The Morgan fingerprint density at radius 2 is 1.07 bits per heavy atom. The summed E-state index contributed by atoms with van der Waals surface area (Å²) < 4.78 is 0. The fraction of sp³-hybridized carbons (Fsp3) is 0.182. The zero-order valence-corrected chi connectivity index (χ0v) is 17.6. The lowest BCUT2D eigenvalue weighted by atomic mass is 10.3. The van der Waals surface area contributed by atoms with Crippen LogP contribution < -0.4 is 32.9 Å². The molecule has 138 valence electrons. The molecule has 0 heterocycles. The number of nitrogens with zero attached hydrogens (tertiary/aromatic N) is 3. The van der Waals surface area contributed by atoms with Crippen molar-refractivity contribution in [1.82, 2.24) is 0 Å². The highest BCUT2D eigenvalue weighted by molar-refractivity contribution is 7.95. The average Bonchev–Trinajstić information content (AvgIpc) is 2.73. The van der Waals surface area contributed by atoms with Crippen molar-refractivity contribution >= 4 is 23.2 Å². The molecule has 3 aromatic rings. The molecule has 0 saturated carbocycles. The van der Waals surface area contributed by atoms with Gasteiger partial charge in [0.25, 0.3) is 0 Å². The second-order valence-corrected chi connectivity index (χ2v) is 9.82. The molecule has 3 nitrogen and oxygen atoms in total. The molecular formula is C22H23BrN3P. The first kappa shape index (κ1) is 21.2. The summed E-state index contributed by atoms with van der Waals surface area (Å²) in [5.41, 5.74) is 8.52. The van der Waals surface area contributed by atoms with Gasteiger partial charge in [-0.15, -0.1) is 0 Å². The molecule has 0 atom stereocenters. The second-order valence-electron chi connectivity index (χ2n) is 6.20. The summed E-state index contributed by atoms with van der Waals surface area (Å²) in [5.74, 6) is 0.